The van der Waals surface area contributed by atoms with E-state index in [-0.39, 0.29) is 13.2 Å². The molecule has 0 saturated carbocycles. The number of hydrogen-bond donors (Lipinski definition) is 0. The summed E-state index contributed by atoms with van der Waals surface area (Å²) in [5.74, 6) is -1.09. The van der Waals surface area contributed by atoms with Gasteiger partial charge in [0.2, 0.25) is 0 Å². The van der Waals surface area contributed by atoms with E-state index in [0.717, 1.165) is 9.80 Å². The Balaban J connectivity index is 1.83. The summed E-state index contributed by atoms with van der Waals surface area (Å²) in [7, 11) is 1.27. The van der Waals surface area contributed by atoms with Gasteiger partial charge in [0.25, 0.3) is 0 Å². The second kappa shape index (κ2) is 6.05. The molecule has 0 bridgehead atoms. The average molecular weight is 287 g/mol. The number of benzene rings is 1. The van der Waals surface area contributed by atoms with E-state index in [9.17, 15) is 14.4 Å². The zero-order valence-corrected chi connectivity index (χ0v) is 11.4. The van der Waals surface area contributed by atoms with Gasteiger partial charge in [-0.1, -0.05) is 6.07 Å². The van der Waals surface area contributed by atoms with Crippen LogP contribution in [0, 0.1) is 11.3 Å². The topological polar surface area (TPSA) is 90.7 Å². The van der Waals surface area contributed by atoms with Gasteiger partial charge in [-0.3, -0.25) is 19.4 Å². The van der Waals surface area contributed by atoms with Crippen LogP contribution in [-0.2, 0) is 9.59 Å². The van der Waals surface area contributed by atoms with Crippen molar-refractivity contribution in [2.45, 2.75) is 6.42 Å². The first kappa shape index (κ1) is 14.5. The van der Waals surface area contributed by atoms with Crippen LogP contribution in [0.15, 0.2) is 24.3 Å². The van der Waals surface area contributed by atoms with Crippen molar-refractivity contribution in [2.75, 3.05) is 20.2 Å². The maximum Gasteiger partial charge on any atom is 0.333 e. The number of carbonyl (C=O) groups excluding carboxylic acids is 3. The molecule has 0 N–H and O–H groups in total. The van der Waals surface area contributed by atoms with Crippen LogP contribution in [0.3, 0.4) is 0 Å². The predicted octanol–water partition coefficient (Wildman–Crippen LogP) is 0.748. The third-order valence-corrected chi connectivity index (χ3v) is 3.01. The molecule has 0 unspecified atom stereocenters. The standard InChI is InChI=1S/C14H13N3O4/c1-16-12(18)13(19)17(14(16)20)6-3-7-21-11-5-2-4-10(8-11)9-15/h2,4-5,8H,3,6-7H2,1H3. The number of nitrogens with zero attached hydrogens (tertiary/aromatic N) is 3. The lowest BCUT2D eigenvalue weighted by atomic mass is 10.2. The largest absolute Gasteiger partial charge is 0.493 e. The van der Waals surface area contributed by atoms with Crippen molar-refractivity contribution >= 4 is 17.8 Å². The van der Waals surface area contributed by atoms with Gasteiger partial charge in [0.1, 0.15) is 5.75 Å². The number of nitriles is 1. The van der Waals surface area contributed by atoms with Gasteiger partial charge < -0.3 is 4.74 Å². The number of hydrogen-bond acceptors (Lipinski definition) is 5. The first-order chi connectivity index (χ1) is 10.0. The first-order valence-electron chi connectivity index (χ1n) is 6.31. The highest BCUT2D eigenvalue weighted by Crippen LogP contribution is 2.14. The van der Waals surface area contributed by atoms with E-state index in [0.29, 0.717) is 17.7 Å². The van der Waals surface area contributed by atoms with E-state index >= 15 is 0 Å². The van der Waals surface area contributed by atoms with E-state index in [1.165, 1.54) is 7.05 Å². The molecule has 7 nitrogen and oxygen atoms in total. The quantitative estimate of drug-likeness (QED) is 0.453. The van der Waals surface area contributed by atoms with Gasteiger partial charge >= 0.3 is 17.8 Å². The second-order valence-corrected chi connectivity index (χ2v) is 4.45. The summed E-state index contributed by atoms with van der Waals surface area (Å²) in [5.41, 5.74) is 0.490. The number of rotatable bonds is 5. The Kier molecular flexibility index (Phi) is 4.18. The molecular formula is C14H13N3O4. The molecule has 0 atom stereocenters. The molecule has 1 aliphatic heterocycles. The van der Waals surface area contributed by atoms with Crippen LogP contribution in [-0.4, -0.2) is 47.8 Å². The molecule has 21 heavy (non-hydrogen) atoms. The number of imide groups is 2. The van der Waals surface area contributed by atoms with Gasteiger partial charge in [0.15, 0.2) is 0 Å². The fourth-order valence-electron chi connectivity index (χ4n) is 1.88. The van der Waals surface area contributed by atoms with E-state index in [1.54, 1.807) is 24.3 Å². The van der Waals surface area contributed by atoms with E-state index in [2.05, 4.69) is 0 Å². The Labute approximate surface area is 121 Å². The van der Waals surface area contributed by atoms with E-state index < -0.39 is 17.8 Å². The highest BCUT2D eigenvalue weighted by atomic mass is 16.5. The van der Waals surface area contributed by atoms with Crippen molar-refractivity contribution in [2.24, 2.45) is 0 Å². The molecule has 7 heteroatoms. The highest BCUT2D eigenvalue weighted by molar-refractivity contribution is 6.44. The minimum absolute atomic E-state index is 0.117. The van der Waals surface area contributed by atoms with Gasteiger partial charge in [-0.05, 0) is 24.6 Å². The third kappa shape index (κ3) is 3.00. The normalized spacial score (nSPS) is 14.6. The minimum Gasteiger partial charge on any atom is -0.493 e. The average Bonchev–Trinajstić information content (AvgIpc) is 2.69. The van der Waals surface area contributed by atoms with Crippen molar-refractivity contribution < 1.29 is 19.1 Å². The lowest BCUT2D eigenvalue weighted by molar-refractivity contribution is -0.142. The van der Waals surface area contributed by atoms with Crippen molar-refractivity contribution in [1.29, 1.82) is 5.26 Å². The summed E-state index contributed by atoms with van der Waals surface area (Å²) < 4.78 is 5.43. The predicted molar refractivity (Wildman–Crippen MR) is 71.1 cm³/mol. The van der Waals surface area contributed by atoms with Crippen molar-refractivity contribution in [3.05, 3.63) is 29.8 Å². The fourth-order valence-corrected chi connectivity index (χ4v) is 1.88. The van der Waals surface area contributed by atoms with E-state index in [4.69, 9.17) is 10.00 Å². The monoisotopic (exact) mass is 287 g/mol. The maximum atomic E-state index is 11.6. The second-order valence-electron chi connectivity index (χ2n) is 4.45. The van der Waals surface area contributed by atoms with Crippen LogP contribution in [0.2, 0.25) is 0 Å². The Bertz CT molecular complexity index is 635. The molecular weight excluding hydrogens is 274 g/mol. The molecule has 2 rings (SSSR count). The molecule has 0 radical (unpaired) electrons. The number of amides is 4. The van der Waals surface area contributed by atoms with Gasteiger partial charge in [-0.25, -0.2) is 4.79 Å². The van der Waals surface area contributed by atoms with Gasteiger partial charge in [0.05, 0.1) is 18.2 Å². The van der Waals surface area contributed by atoms with Crippen LogP contribution in [0.1, 0.15) is 12.0 Å². The molecule has 1 aromatic carbocycles. The van der Waals surface area contributed by atoms with Gasteiger partial charge in [-0.15, -0.1) is 0 Å². The molecule has 108 valence electrons. The Morgan fingerprint density at radius 2 is 2.00 bits per heavy atom. The van der Waals surface area contributed by atoms with Crippen molar-refractivity contribution in [3.8, 4) is 11.8 Å². The Hall–Kier alpha value is -2.88. The molecule has 1 saturated heterocycles. The number of urea groups is 1. The van der Waals surface area contributed by atoms with Crippen LogP contribution in [0.4, 0.5) is 4.79 Å². The summed E-state index contributed by atoms with van der Waals surface area (Å²) in [4.78, 5) is 36.1. The molecule has 1 fully saturated rings. The highest BCUT2D eigenvalue weighted by Gasteiger charge is 2.41. The van der Waals surface area contributed by atoms with Gasteiger partial charge in [0, 0.05) is 13.6 Å². The smallest absolute Gasteiger partial charge is 0.333 e. The van der Waals surface area contributed by atoms with Crippen molar-refractivity contribution in [3.63, 3.8) is 0 Å². The molecule has 4 amide bonds. The molecule has 0 spiro atoms. The molecule has 0 aliphatic carbocycles. The molecule has 0 aromatic heterocycles. The van der Waals surface area contributed by atoms with Gasteiger partial charge in [-0.2, -0.15) is 5.26 Å². The molecule has 1 aromatic rings. The Morgan fingerprint density at radius 1 is 1.24 bits per heavy atom. The molecule has 1 heterocycles. The summed E-state index contributed by atoms with van der Waals surface area (Å²) in [6.45, 7) is 0.384. The lowest BCUT2D eigenvalue weighted by Gasteiger charge is -2.13. The fraction of sp³-hybridized carbons (Fsp3) is 0.286. The SMILES string of the molecule is CN1C(=O)C(=O)N(CCCOc2cccc(C#N)c2)C1=O. The third-order valence-electron chi connectivity index (χ3n) is 3.01. The van der Waals surface area contributed by atoms with Crippen LogP contribution < -0.4 is 4.74 Å². The summed E-state index contributed by atoms with van der Waals surface area (Å²) >= 11 is 0. The van der Waals surface area contributed by atoms with Crippen LogP contribution >= 0.6 is 0 Å². The van der Waals surface area contributed by atoms with E-state index in [1.807, 2.05) is 6.07 Å². The zero-order valence-electron chi connectivity index (χ0n) is 11.4. The lowest BCUT2D eigenvalue weighted by Crippen LogP contribution is -2.33. The van der Waals surface area contributed by atoms with Crippen LogP contribution in [0.25, 0.3) is 0 Å². The summed E-state index contributed by atoms with van der Waals surface area (Å²) in [6, 6.07) is 8.07. The summed E-state index contributed by atoms with van der Waals surface area (Å²) in [6.07, 6.45) is 0.398. The Morgan fingerprint density at radius 3 is 2.62 bits per heavy atom. The number of carbonyl (C=O) groups is 3. The van der Waals surface area contributed by atoms with Crippen molar-refractivity contribution in [1.82, 2.24) is 9.80 Å². The minimum atomic E-state index is -0.817. The molecule has 1 aliphatic rings. The summed E-state index contributed by atoms with van der Waals surface area (Å²) in [5, 5.41) is 8.76. The number of ether oxygens (including phenoxy) is 1. The number of likely N-dealkylation sites (N-methyl/N-ethyl adjacent to an activating group) is 1. The maximum absolute atomic E-state index is 11.6. The zero-order chi connectivity index (χ0) is 15.4. The van der Waals surface area contributed by atoms with Crippen LogP contribution in [0.5, 0.6) is 5.75 Å². The first-order valence-corrected chi connectivity index (χ1v) is 6.31.